The highest BCUT2D eigenvalue weighted by molar-refractivity contribution is 5.33. The van der Waals surface area contributed by atoms with Crippen molar-refractivity contribution < 1.29 is 9.47 Å². The average molecular weight is 328 g/mol. The van der Waals surface area contributed by atoms with E-state index in [1.807, 2.05) is 0 Å². The largest absolute Gasteiger partial charge is 0.347 e. The molecule has 2 nitrogen and oxygen atoms in total. The van der Waals surface area contributed by atoms with Crippen molar-refractivity contribution in [2.45, 2.75) is 77.9 Å². The van der Waals surface area contributed by atoms with Gasteiger partial charge in [0.2, 0.25) is 0 Å². The molecule has 2 saturated carbocycles. The number of hydrogen-bond donors (Lipinski definition) is 0. The molecule has 0 aromatic heterocycles. The Balaban J connectivity index is 1.76. The second-order valence-corrected chi connectivity index (χ2v) is 9.35. The highest BCUT2D eigenvalue weighted by atomic mass is 16.7. The van der Waals surface area contributed by atoms with Crippen LogP contribution in [-0.2, 0) is 9.47 Å². The standard InChI is InChI=1S/C22H32O2/c1-5-10-21-11-7-6-8-18(21)20(4)13-14-22(23-15-16-24-22)19(2,3)17(20)9-12-21/h1,8,17H,6-7,9-16H2,2-4H3/t17-,20-,21+/m0/s1. The number of allylic oxidation sites excluding steroid dienone is 2. The van der Waals surface area contributed by atoms with Gasteiger partial charge in [-0.2, -0.15) is 0 Å². The predicted octanol–water partition coefficient (Wildman–Crippen LogP) is 5.09. The average Bonchev–Trinajstić information content (AvgIpc) is 3.03. The van der Waals surface area contributed by atoms with Crippen LogP contribution in [0.2, 0.25) is 0 Å². The van der Waals surface area contributed by atoms with Crippen LogP contribution < -0.4 is 0 Å². The van der Waals surface area contributed by atoms with Crippen molar-refractivity contribution in [1.82, 2.24) is 0 Å². The first kappa shape index (κ1) is 16.7. The van der Waals surface area contributed by atoms with Crippen LogP contribution in [0.15, 0.2) is 11.6 Å². The van der Waals surface area contributed by atoms with Gasteiger partial charge in [-0.15, -0.1) is 12.3 Å². The van der Waals surface area contributed by atoms with E-state index >= 15 is 0 Å². The molecule has 3 atom stereocenters. The van der Waals surface area contributed by atoms with Crippen LogP contribution in [0.3, 0.4) is 0 Å². The van der Waals surface area contributed by atoms with Crippen molar-refractivity contribution in [3.63, 3.8) is 0 Å². The first-order chi connectivity index (χ1) is 11.4. The summed E-state index contributed by atoms with van der Waals surface area (Å²) in [6.45, 7) is 8.78. The minimum Gasteiger partial charge on any atom is -0.347 e. The summed E-state index contributed by atoms with van der Waals surface area (Å²) in [4.78, 5) is 0. The van der Waals surface area contributed by atoms with Crippen LogP contribution in [0, 0.1) is 34.5 Å². The molecule has 1 spiro atoms. The summed E-state index contributed by atoms with van der Waals surface area (Å²) in [6, 6.07) is 0. The molecular weight excluding hydrogens is 296 g/mol. The summed E-state index contributed by atoms with van der Waals surface area (Å²) in [5.74, 6) is 3.26. The molecule has 0 N–H and O–H groups in total. The van der Waals surface area contributed by atoms with E-state index in [0.717, 1.165) is 26.1 Å². The Kier molecular flexibility index (Phi) is 3.72. The Hall–Kier alpha value is -0.780. The van der Waals surface area contributed by atoms with E-state index in [1.54, 1.807) is 5.57 Å². The van der Waals surface area contributed by atoms with Gasteiger partial charge in [0, 0.05) is 23.7 Å². The summed E-state index contributed by atoms with van der Waals surface area (Å²) in [7, 11) is 0. The minimum atomic E-state index is -0.363. The number of ether oxygens (including phenoxy) is 2. The zero-order chi connectivity index (χ0) is 17.1. The Morgan fingerprint density at radius 3 is 2.58 bits per heavy atom. The zero-order valence-corrected chi connectivity index (χ0v) is 15.6. The molecule has 3 fully saturated rings. The van der Waals surface area contributed by atoms with E-state index in [-0.39, 0.29) is 22.0 Å². The van der Waals surface area contributed by atoms with Crippen LogP contribution >= 0.6 is 0 Å². The summed E-state index contributed by atoms with van der Waals surface area (Å²) < 4.78 is 12.5. The number of hydrogen-bond acceptors (Lipinski definition) is 2. The summed E-state index contributed by atoms with van der Waals surface area (Å²) >= 11 is 0. The van der Waals surface area contributed by atoms with Gasteiger partial charge < -0.3 is 9.47 Å². The maximum Gasteiger partial charge on any atom is 0.173 e. The molecule has 0 bridgehead atoms. The van der Waals surface area contributed by atoms with Gasteiger partial charge in [0.15, 0.2) is 5.79 Å². The fourth-order valence-corrected chi connectivity index (χ4v) is 6.98. The van der Waals surface area contributed by atoms with Gasteiger partial charge in [-0.25, -0.2) is 0 Å². The first-order valence-corrected chi connectivity index (χ1v) is 9.83. The van der Waals surface area contributed by atoms with E-state index in [0.29, 0.717) is 5.92 Å². The van der Waals surface area contributed by atoms with Crippen LogP contribution in [-0.4, -0.2) is 19.0 Å². The lowest BCUT2D eigenvalue weighted by Crippen LogP contribution is -2.62. The summed E-state index contributed by atoms with van der Waals surface area (Å²) in [5.41, 5.74) is 2.25. The fourth-order valence-electron chi connectivity index (χ4n) is 6.98. The lowest BCUT2D eigenvalue weighted by molar-refractivity contribution is -0.285. The molecule has 0 amide bonds. The highest BCUT2D eigenvalue weighted by Gasteiger charge is 2.65. The van der Waals surface area contributed by atoms with Crippen molar-refractivity contribution in [3.8, 4) is 12.3 Å². The van der Waals surface area contributed by atoms with Gasteiger partial charge in [0.25, 0.3) is 0 Å². The maximum absolute atomic E-state index is 6.23. The molecule has 0 aromatic carbocycles. The van der Waals surface area contributed by atoms with E-state index in [2.05, 4.69) is 32.8 Å². The molecule has 3 aliphatic carbocycles. The molecule has 4 aliphatic rings. The first-order valence-electron chi connectivity index (χ1n) is 9.83. The quantitative estimate of drug-likeness (QED) is 0.493. The van der Waals surface area contributed by atoms with Gasteiger partial charge in [-0.1, -0.05) is 32.4 Å². The molecular formula is C22H32O2. The van der Waals surface area contributed by atoms with Crippen LogP contribution in [0.4, 0.5) is 0 Å². The second kappa shape index (κ2) is 5.36. The third-order valence-electron chi connectivity index (χ3n) is 8.10. The minimum absolute atomic E-state index is 0.0388. The molecule has 1 heterocycles. The number of rotatable bonds is 1. The van der Waals surface area contributed by atoms with Crippen molar-refractivity contribution in [2.75, 3.05) is 13.2 Å². The topological polar surface area (TPSA) is 18.5 Å². The van der Waals surface area contributed by atoms with E-state index in [1.165, 1.54) is 38.5 Å². The highest BCUT2D eigenvalue weighted by Crippen LogP contribution is 2.69. The van der Waals surface area contributed by atoms with Crippen LogP contribution in [0.5, 0.6) is 0 Å². The van der Waals surface area contributed by atoms with Crippen LogP contribution in [0.1, 0.15) is 72.1 Å². The Morgan fingerprint density at radius 1 is 1.12 bits per heavy atom. The Labute approximate surface area is 147 Å². The third-order valence-corrected chi connectivity index (χ3v) is 8.10. The molecule has 132 valence electrons. The second-order valence-electron chi connectivity index (χ2n) is 9.35. The molecule has 1 aliphatic heterocycles. The smallest absolute Gasteiger partial charge is 0.173 e. The van der Waals surface area contributed by atoms with Crippen molar-refractivity contribution >= 4 is 0 Å². The molecule has 0 aromatic rings. The lowest BCUT2D eigenvalue weighted by atomic mass is 9.42. The summed E-state index contributed by atoms with van der Waals surface area (Å²) in [5, 5.41) is 0. The molecule has 0 radical (unpaired) electrons. The van der Waals surface area contributed by atoms with Gasteiger partial charge in [-0.05, 0) is 49.9 Å². The zero-order valence-electron chi connectivity index (χ0n) is 15.6. The van der Waals surface area contributed by atoms with Gasteiger partial charge in [0.1, 0.15) is 0 Å². The number of fused-ring (bicyclic) bond motifs is 3. The molecule has 4 rings (SSSR count). The van der Waals surface area contributed by atoms with Crippen molar-refractivity contribution in [2.24, 2.45) is 22.2 Å². The van der Waals surface area contributed by atoms with Crippen LogP contribution in [0.25, 0.3) is 0 Å². The van der Waals surface area contributed by atoms with Gasteiger partial charge >= 0.3 is 0 Å². The van der Waals surface area contributed by atoms with E-state index in [9.17, 15) is 0 Å². The monoisotopic (exact) mass is 328 g/mol. The van der Waals surface area contributed by atoms with Crippen molar-refractivity contribution in [1.29, 1.82) is 0 Å². The van der Waals surface area contributed by atoms with E-state index in [4.69, 9.17) is 15.9 Å². The fraction of sp³-hybridized carbons (Fsp3) is 0.818. The van der Waals surface area contributed by atoms with Crippen molar-refractivity contribution in [3.05, 3.63) is 11.6 Å². The molecule has 2 heteroatoms. The number of terminal acetylenes is 1. The lowest BCUT2D eigenvalue weighted by Gasteiger charge is -2.64. The Morgan fingerprint density at radius 2 is 1.88 bits per heavy atom. The third kappa shape index (κ3) is 1.98. The normalized spacial score (nSPS) is 42.8. The molecule has 0 unspecified atom stereocenters. The van der Waals surface area contributed by atoms with Gasteiger partial charge in [0.05, 0.1) is 13.2 Å². The molecule has 1 saturated heterocycles. The van der Waals surface area contributed by atoms with E-state index < -0.39 is 0 Å². The predicted molar refractivity (Wildman–Crippen MR) is 96.3 cm³/mol. The molecule has 24 heavy (non-hydrogen) atoms. The SMILES string of the molecule is C#CC[C@]12CCCC=C1[C@@]1(C)CCC3(OCCO3)C(C)(C)[C@@H]1CC2. The van der Waals surface area contributed by atoms with Gasteiger partial charge in [-0.3, -0.25) is 0 Å². The summed E-state index contributed by atoms with van der Waals surface area (Å²) in [6.07, 6.45) is 17.8. The Bertz CT molecular complexity index is 590. The maximum atomic E-state index is 6.23.